The lowest BCUT2D eigenvalue weighted by molar-refractivity contribution is -0.138. The number of phenolic OH excluding ortho intramolecular Hbond substituents is 4. The molecule has 0 bridgehead atoms. The quantitative estimate of drug-likeness (QED) is 0.251. The Morgan fingerprint density at radius 3 is 2.25 bits per heavy atom. The lowest BCUT2D eigenvalue weighted by atomic mass is 9.91. The van der Waals surface area contributed by atoms with Gasteiger partial charge >= 0.3 is 5.97 Å². The van der Waals surface area contributed by atoms with Gasteiger partial charge in [0.05, 0.1) is 12.2 Å². The number of phenols is 4. The van der Waals surface area contributed by atoms with Crippen molar-refractivity contribution in [2.24, 2.45) is 0 Å². The molecule has 3 rings (SSSR count). The van der Waals surface area contributed by atoms with E-state index in [1.54, 1.807) is 24.3 Å². The Kier molecular flexibility index (Phi) is 6.49. The predicted octanol–water partition coefficient (Wildman–Crippen LogP) is 4.07. The highest BCUT2D eigenvalue weighted by atomic mass is 16.5. The molecule has 0 saturated heterocycles. The Balaban J connectivity index is 1.99. The van der Waals surface area contributed by atoms with Crippen LogP contribution in [0.2, 0.25) is 0 Å². The molecular weight excluding hydrogens is 412 g/mol. The lowest BCUT2D eigenvalue weighted by Gasteiger charge is -2.14. The van der Waals surface area contributed by atoms with E-state index in [-0.39, 0.29) is 58.3 Å². The molecule has 0 radical (unpaired) electrons. The van der Waals surface area contributed by atoms with Crippen LogP contribution in [0.1, 0.15) is 28.4 Å². The zero-order valence-electron chi connectivity index (χ0n) is 17.3. The first-order chi connectivity index (χ1) is 15.2. The molecule has 0 spiro atoms. The van der Waals surface area contributed by atoms with Crippen LogP contribution < -0.4 is 0 Å². The SMILES string of the molecule is C=C(C)C(=O)OCCc1cc(-c2ccccc2C(=O)c2ccc(O)cc2O)c(O)cc1O. The van der Waals surface area contributed by atoms with E-state index in [1.165, 1.54) is 25.1 Å². The number of benzene rings is 3. The predicted molar refractivity (Wildman–Crippen MR) is 118 cm³/mol. The summed E-state index contributed by atoms with van der Waals surface area (Å²) in [6.45, 7) is 5.02. The first-order valence-corrected chi connectivity index (χ1v) is 9.72. The molecule has 0 aliphatic heterocycles. The molecule has 164 valence electrons. The van der Waals surface area contributed by atoms with Crippen LogP contribution in [0.15, 0.2) is 66.7 Å². The fourth-order valence-electron chi connectivity index (χ4n) is 3.19. The summed E-state index contributed by atoms with van der Waals surface area (Å²) in [5.74, 6) is -2.05. The summed E-state index contributed by atoms with van der Waals surface area (Å²) in [6.07, 6.45) is 0.174. The Morgan fingerprint density at radius 2 is 1.56 bits per heavy atom. The summed E-state index contributed by atoms with van der Waals surface area (Å²) in [5, 5.41) is 40.3. The summed E-state index contributed by atoms with van der Waals surface area (Å²) < 4.78 is 5.07. The van der Waals surface area contributed by atoms with Gasteiger partial charge in [-0.2, -0.15) is 0 Å². The van der Waals surface area contributed by atoms with Crippen molar-refractivity contribution in [3.63, 3.8) is 0 Å². The monoisotopic (exact) mass is 434 g/mol. The highest BCUT2D eigenvalue weighted by Gasteiger charge is 2.20. The van der Waals surface area contributed by atoms with Crippen LogP contribution in [-0.2, 0) is 16.0 Å². The number of aromatic hydroxyl groups is 4. The smallest absolute Gasteiger partial charge is 0.333 e. The second-order valence-corrected chi connectivity index (χ2v) is 7.24. The normalized spacial score (nSPS) is 10.5. The van der Waals surface area contributed by atoms with Gasteiger partial charge < -0.3 is 25.2 Å². The van der Waals surface area contributed by atoms with E-state index >= 15 is 0 Å². The molecule has 3 aromatic rings. The number of esters is 1. The van der Waals surface area contributed by atoms with Gasteiger partial charge in [-0.1, -0.05) is 30.8 Å². The summed E-state index contributed by atoms with van der Waals surface area (Å²) in [4.78, 5) is 24.7. The first-order valence-electron chi connectivity index (χ1n) is 9.72. The van der Waals surface area contributed by atoms with Crippen LogP contribution in [0.3, 0.4) is 0 Å². The van der Waals surface area contributed by atoms with Crippen molar-refractivity contribution in [1.82, 2.24) is 0 Å². The average molecular weight is 434 g/mol. The van der Waals surface area contributed by atoms with Crippen molar-refractivity contribution < 1.29 is 34.8 Å². The van der Waals surface area contributed by atoms with Gasteiger partial charge in [0.2, 0.25) is 0 Å². The van der Waals surface area contributed by atoms with Gasteiger partial charge in [0, 0.05) is 35.3 Å². The summed E-state index contributed by atoms with van der Waals surface area (Å²) in [5.41, 5.74) is 1.51. The fraction of sp³-hybridized carbons (Fsp3) is 0.120. The van der Waals surface area contributed by atoms with Crippen molar-refractivity contribution in [1.29, 1.82) is 0 Å². The van der Waals surface area contributed by atoms with Gasteiger partial charge in [0.25, 0.3) is 0 Å². The van der Waals surface area contributed by atoms with E-state index in [1.807, 2.05) is 0 Å². The summed E-state index contributed by atoms with van der Waals surface area (Å²) in [6, 6.07) is 12.8. The van der Waals surface area contributed by atoms with Crippen LogP contribution in [-0.4, -0.2) is 38.8 Å². The van der Waals surface area contributed by atoms with Crippen molar-refractivity contribution in [3.05, 3.63) is 83.4 Å². The standard InChI is InChI=1S/C25H22O7/c1-14(2)25(31)32-10-9-15-11-20(23(29)13-21(15)27)17-5-3-4-6-18(17)24(30)19-8-7-16(26)12-22(19)28/h3-8,11-13,26-29H,1,9-10H2,2H3. The molecule has 7 nitrogen and oxygen atoms in total. The van der Waals surface area contributed by atoms with Crippen LogP contribution in [0.5, 0.6) is 23.0 Å². The third-order valence-electron chi connectivity index (χ3n) is 4.84. The molecular formula is C25H22O7. The van der Waals surface area contributed by atoms with Crippen molar-refractivity contribution in [2.45, 2.75) is 13.3 Å². The van der Waals surface area contributed by atoms with Crippen LogP contribution >= 0.6 is 0 Å². The maximum absolute atomic E-state index is 13.1. The Bertz CT molecular complexity index is 1210. The minimum absolute atomic E-state index is 0.00851. The first kappa shape index (κ1) is 22.4. The number of hydrogen-bond donors (Lipinski definition) is 4. The molecule has 7 heteroatoms. The third kappa shape index (κ3) is 4.73. The van der Waals surface area contributed by atoms with E-state index < -0.39 is 11.8 Å². The highest BCUT2D eigenvalue weighted by molar-refractivity contribution is 6.14. The maximum atomic E-state index is 13.1. The third-order valence-corrected chi connectivity index (χ3v) is 4.84. The van der Waals surface area contributed by atoms with Gasteiger partial charge in [-0.05, 0) is 36.2 Å². The maximum Gasteiger partial charge on any atom is 0.333 e. The zero-order chi connectivity index (χ0) is 23.4. The molecule has 0 aromatic heterocycles. The molecule has 0 fully saturated rings. The van der Waals surface area contributed by atoms with E-state index in [0.29, 0.717) is 11.1 Å². The fourth-order valence-corrected chi connectivity index (χ4v) is 3.19. The van der Waals surface area contributed by atoms with Gasteiger partial charge in [-0.15, -0.1) is 0 Å². The zero-order valence-corrected chi connectivity index (χ0v) is 17.3. The highest BCUT2D eigenvalue weighted by Crippen LogP contribution is 2.38. The van der Waals surface area contributed by atoms with E-state index in [0.717, 1.165) is 12.1 Å². The van der Waals surface area contributed by atoms with E-state index in [2.05, 4.69) is 6.58 Å². The molecule has 32 heavy (non-hydrogen) atoms. The van der Waals surface area contributed by atoms with Gasteiger partial charge in [-0.3, -0.25) is 4.79 Å². The minimum Gasteiger partial charge on any atom is -0.508 e. The van der Waals surface area contributed by atoms with Gasteiger partial charge in [0.1, 0.15) is 23.0 Å². The number of ether oxygens (including phenoxy) is 1. The van der Waals surface area contributed by atoms with Crippen molar-refractivity contribution in [2.75, 3.05) is 6.61 Å². The van der Waals surface area contributed by atoms with Crippen molar-refractivity contribution >= 4 is 11.8 Å². The molecule has 0 atom stereocenters. The molecule has 0 aliphatic carbocycles. The summed E-state index contributed by atoms with van der Waals surface area (Å²) in [7, 11) is 0. The number of rotatable bonds is 7. The van der Waals surface area contributed by atoms with Crippen LogP contribution in [0.4, 0.5) is 0 Å². The average Bonchev–Trinajstić information content (AvgIpc) is 2.74. The Labute approximate surface area is 184 Å². The largest absolute Gasteiger partial charge is 0.508 e. The Morgan fingerprint density at radius 1 is 0.844 bits per heavy atom. The number of hydrogen-bond acceptors (Lipinski definition) is 7. The van der Waals surface area contributed by atoms with Gasteiger partial charge in [0.15, 0.2) is 5.78 Å². The topological polar surface area (TPSA) is 124 Å². The van der Waals surface area contributed by atoms with Crippen LogP contribution in [0.25, 0.3) is 11.1 Å². The van der Waals surface area contributed by atoms with Gasteiger partial charge in [-0.25, -0.2) is 4.79 Å². The minimum atomic E-state index is -0.548. The molecule has 4 N–H and O–H groups in total. The van der Waals surface area contributed by atoms with E-state index in [9.17, 15) is 30.0 Å². The molecule has 0 amide bonds. The second kappa shape index (κ2) is 9.26. The molecule has 0 unspecified atom stereocenters. The molecule has 0 saturated carbocycles. The van der Waals surface area contributed by atoms with E-state index in [4.69, 9.17) is 4.74 Å². The van der Waals surface area contributed by atoms with Crippen molar-refractivity contribution in [3.8, 4) is 34.1 Å². The molecule has 0 aliphatic rings. The number of ketones is 1. The molecule has 0 heterocycles. The second-order valence-electron chi connectivity index (χ2n) is 7.24. The number of carbonyl (C=O) groups excluding carboxylic acids is 2. The lowest BCUT2D eigenvalue weighted by Crippen LogP contribution is -2.08. The summed E-state index contributed by atoms with van der Waals surface area (Å²) >= 11 is 0. The number of carbonyl (C=O) groups is 2. The molecule has 3 aromatic carbocycles. The Hall–Kier alpha value is -4.26. The van der Waals surface area contributed by atoms with Crippen LogP contribution in [0, 0.1) is 0 Å².